The van der Waals surface area contributed by atoms with Crippen molar-refractivity contribution in [3.8, 4) is 0 Å². The number of nitrogens with zero attached hydrogens (tertiary/aromatic N) is 3. The Morgan fingerprint density at radius 2 is 1.97 bits per heavy atom. The van der Waals surface area contributed by atoms with Crippen LogP contribution in [0.25, 0.3) is 10.9 Å². The molecule has 1 aliphatic carbocycles. The molecule has 2 atom stereocenters. The van der Waals surface area contributed by atoms with E-state index in [2.05, 4.69) is 28.0 Å². The second-order valence-electron chi connectivity index (χ2n) is 9.40. The third-order valence-corrected chi connectivity index (χ3v) is 7.74. The third-order valence-electron chi connectivity index (χ3n) is 7.01. The number of likely N-dealkylation sites (tertiary alicyclic amines) is 1. The number of sulfonamides is 1. The Hall–Kier alpha value is -1.97. The SMILES string of the molecule is CC(=O)N1CCC(NS(C)(=O)=O)C(COC2CCC(c3ccc4c(cnn4C)c3)CC2)C1. The molecule has 4 rings (SSSR count). The highest BCUT2D eigenvalue weighted by atomic mass is 32.2. The lowest BCUT2D eigenvalue weighted by Gasteiger charge is -2.39. The van der Waals surface area contributed by atoms with Gasteiger partial charge in [-0.3, -0.25) is 9.48 Å². The Bertz CT molecular complexity index is 1060. The van der Waals surface area contributed by atoms with Gasteiger partial charge in [0.15, 0.2) is 0 Å². The number of carbonyl (C=O) groups is 1. The van der Waals surface area contributed by atoms with Crippen molar-refractivity contribution in [3.63, 3.8) is 0 Å². The highest BCUT2D eigenvalue weighted by molar-refractivity contribution is 7.88. The molecule has 1 aromatic carbocycles. The highest BCUT2D eigenvalue weighted by Gasteiger charge is 2.33. The van der Waals surface area contributed by atoms with E-state index in [1.165, 1.54) is 17.2 Å². The minimum absolute atomic E-state index is 0.0268. The largest absolute Gasteiger partial charge is 0.378 e. The predicted octanol–water partition coefficient (Wildman–Crippen LogP) is 2.40. The van der Waals surface area contributed by atoms with E-state index < -0.39 is 10.0 Å². The van der Waals surface area contributed by atoms with E-state index in [1.54, 1.807) is 11.8 Å². The number of ether oxygens (including phenoxy) is 1. The molecule has 0 bridgehead atoms. The van der Waals surface area contributed by atoms with E-state index in [0.29, 0.717) is 32.0 Å². The molecule has 1 aliphatic heterocycles. The fraction of sp³-hybridized carbons (Fsp3) is 0.652. The first-order valence-electron chi connectivity index (χ1n) is 11.5. The number of fused-ring (bicyclic) bond motifs is 1. The minimum atomic E-state index is -3.30. The van der Waals surface area contributed by atoms with Gasteiger partial charge in [-0.15, -0.1) is 0 Å². The Labute approximate surface area is 190 Å². The van der Waals surface area contributed by atoms with Crippen molar-refractivity contribution in [3.05, 3.63) is 30.0 Å². The van der Waals surface area contributed by atoms with E-state index in [4.69, 9.17) is 4.74 Å². The van der Waals surface area contributed by atoms with Gasteiger partial charge in [0, 0.05) is 44.4 Å². The second kappa shape index (κ2) is 9.49. The molecule has 176 valence electrons. The van der Waals surface area contributed by atoms with Crippen molar-refractivity contribution in [2.45, 2.75) is 57.1 Å². The van der Waals surface area contributed by atoms with Crippen molar-refractivity contribution in [1.82, 2.24) is 19.4 Å². The number of hydrogen-bond acceptors (Lipinski definition) is 5. The van der Waals surface area contributed by atoms with E-state index >= 15 is 0 Å². The molecular weight excluding hydrogens is 428 g/mol. The van der Waals surface area contributed by atoms with Gasteiger partial charge in [0.2, 0.25) is 15.9 Å². The molecule has 1 saturated heterocycles. The molecule has 2 aromatic rings. The van der Waals surface area contributed by atoms with Crippen molar-refractivity contribution >= 4 is 26.8 Å². The van der Waals surface area contributed by atoms with Crippen LogP contribution in [0.1, 0.15) is 50.5 Å². The van der Waals surface area contributed by atoms with E-state index in [1.807, 2.05) is 17.9 Å². The zero-order chi connectivity index (χ0) is 22.9. The van der Waals surface area contributed by atoms with Crippen molar-refractivity contribution in [2.75, 3.05) is 26.0 Å². The maximum absolute atomic E-state index is 11.8. The number of benzene rings is 1. The summed E-state index contributed by atoms with van der Waals surface area (Å²) >= 11 is 0. The molecule has 1 aromatic heterocycles. The molecule has 32 heavy (non-hydrogen) atoms. The van der Waals surface area contributed by atoms with Crippen LogP contribution in [0.2, 0.25) is 0 Å². The van der Waals surface area contributed by atoms with Gasteiger partial charge in [-0.25, -0.2) is 13.1 Å². The molecule has 1 amide bonds. The summed E-state index contributed by atoms with van der Waals surface area (Å²) in [6.07, 6.45) is 8.03. The average molecular weight is 463 g/mol. The molecule has 0 spiro atoms. The summed E-state index contributed by atoms with van der Waals surface area (Å²) < 4.78 is 34.5. The van der Waals surface area contributed by atoms with Gasteiger partial charge in [0.05, 0.1) is 30.7 Å². The maximum Gasteiger partial charge on any atom is 0.219 e. The normalized spacial score (nSPS) is 27.0. The molecule has 2 fully saturated rings. The van der Waals surface area contributed by atoms with Crippen molar-refractivity contribution < 1.29 is 17.9 Å². The lowest BCUT2D eigenvalue weighted by molar-refractivity contribution is -0.131. The molecule has 1 saturated carbocycles. The van der Waals surface area contributed by atoms with Crippen molar-refractivity contribution in [1.29, 1.82) is 0 Å². The van der Waals surface area contributed by atoms with Gasteiger partial charge in [-0.1, -0.05) is 6.07 Å². The van der Waals surface area contributed by atoms with Crippen LogP contribution >= 0.6 is 0 Å². The van der Waals surface area contributed by atoms with E-state index in [-0.39, 0.29) is 24.0 Å². The number of aromatic nitrogens is 2. The Balaban J connectivity index is 1.32. The number of carbonyl (C=O) groups excluding carboxylic acids is 1. The predicted molar refractivity (Wildman–Crippen MR) is 124 cm³/mol. The zero-order valence-electron chi connectivity index (χ0n) is 19.2. The van der Waals surface area contributed by atoms with Gasteiger partial charge in [-0.2, -0.15) is 5.10 Å². The quantitative estimate of drug-likeness (QED) is 0.712. The first kappa shape index (κ1) is 23.2. The fourth-order valence-electron chi connectivity index (χ4n) is 5.18. The summed E-state index contributed by atoms with van der Waals surface area (Å²) in [5.74, 6) is 0.522. The molecule has 9 heteroatoms. The summed E-state index contributed by atoms with van der Waals surface area (Å²) in [5.41, 5.74) is 2.51. The number of hydrogen-bond donors (Lipinski definition) is 1. The lowest BCUT2D eigenvalue weighted by atomic mass is 9.82. The van der Waals surface area contributed by atoms with Crippen LogP contribution in [-0.2, 0) is 26.6 Å². The molecule has 8 nitrogen and oxygen atoms in total. The number of rotatable bonds is 6. The summed E-state index contributed by atoms with van der Waals surface area (Å²) in [5, 5.41) is 5.52. The van der Waals surface area contributed by atoms with Gasteiger partial charge in [0.1, 0.15) is 0 Å². The van der Waals surface area contributed by atoms with Gasteiger partial charge in [-0.05, 0) is 55.7 Å². The first-order valence-corrected chi connectivity index (χ1v) is 13.3. The number of aryl methyl sites for hydroxylation is 1. The number of amides is 1. The van der Waals surface area contributed by atoms with Crippen LogP contribution < -0.4 is 4.72 Å². The molecule has 0 radical (unpaired) electrons. The molecule has 2 unspecified atom stereocenters. The monoisotopic (exact) mass is 462 g/mol. The summed E-state index contributed by atoms with van der Waals surface area (Å²) in [6.45, 7) is 3.13. The van der Waals surface area contributed by atoms with E-state index in [9.17, 15) is 13.2 Å². The number of nitrogens with one attached hydrogen (secondary N) is 1. The van der Waals surface area contributed by atoms with Crippen LogP contribution in [-0.4, -0.2) is 67.1 Å². The topological polar surface area (TPSA) is 93.5 Å². The van der Waals surface area contributed by atoms with Crippen LogP contribution in [0, 0.1) is 5.92 Å². The average Bonchev–Trinajstić information content (AvgIpc) is 3.12. The van der Waals surface area contributed by atoms with Crippen LogP contribution in [0.15, 0.2) is 24.4 Å². The molecule has 1 N–H and O–H groups in total. The number of piperidine rings is 1. The molecular formula is C23H34N4O4S. The standard InChI is InChI=1S/C23H34N4O4S/c1-16(28)27-11-10-22(25-32(3,29)30)20(14-27)15-31-21-7-4-17(5-8-21)18-6-9-23-19(12-18)13-24-26(23)2/h6,9,12-13,17,20-22,25H,4-5,7-8,10-11,14-15H2,1-3H3. The summed E-state index contributed by atoms with van der Waals surface area (Å²) in [4.78, 5) is 13.6. The Morgan fingerprint density at radius 3 is 2.66 bits per heavy atom. The van der Waals surface area contributed by atoms with Gasteiger partial charge < -0.3 is 9.64 Å². The first-order chi connectivity index (χ1) is 15.2. The third kappa shape index (κ3) is 5.50. The minimum Gasteiger partial charge on any atom is -0.378 e. The lowest BCUT2D eigenvalue weighted by Crippen LogP contribution is -2.53. The van der Waals surface area contributed by atoms with Gasteiger partial charge in [0.25, 0.3) is 0 Å². The van der Waals surface area contributed by atoms with Crippen LogP contribution in [0.3, 0.4) is 0 Å². The summed E-state index contributed by atoms with van der Waals surface area (Å²) in [7, 11) is -1.34. The van der Waals surface area contributed by atoms with E-state index in [0.717, 1.165) is 31.2 Å². The zero-order valence-corrected chi connectivity index (χ0v) is 20.0. The van der Waals surface area contributed by atoms with Crippen molar-refractivity contribution in [2.24, 2.45) is 13.0 Å². The molecule has 2 heterocycles. The van der Waals surface area contributed by atoms with Gasteiger partial charge >= 0.3 is 0 Å². The molecule has 2 aliphatic rings. The fourth-order valence-corrected chi connectivity index (χ4v) is 6.04. The highest BCUT2D eigenvalue weighted by Crippen LogP contribution is 2.35. The second-order valence-corrected chi connectivity index (χ2v) is 11.2. The summed E-state index contributed by atoms with van der Waals surface area (Å²) in [6, 6.07) is 6.44. The maximum atomic E-state index is 11.8. The van der Waals surface area contributed by atoms with Crippen LogP contribution in [0.4, 0.5) is 0 Å². The Kier molecular flexibility index (Phi) is 6.88. The Morgan fingerprint density at radius 1 is 1.22 bits per heavy atom. The smallest absolute Gasteiger partial charge is 0.219 e. The van der Waals surface area contributed by atoms with Crippen LogP contribution in [0.5, 0.6) is 0 Å².